The molecule has 1 aromatic rings. The van der Waals surface area contributed by atoms with Crippen molar-refractivity contribution in [2.45, 2.75) is 41.2 Å². The molecule has 0 fully saturated rings. The smallest absolute Gasteiger partial charge is 0.0591 e. The maximum atomic E-state index is 5.55. The fourth-order valence-corrected chi connectivity index (χ4v) is 2.17. The summed E-state index contributed by atoms with van der Waals surface area (Å²) in [6.45, 7) is 14.4. The van der Waals surface area contributed by atoms with E-state index in [1.807, 2.05) is 0 Å². The third-order valence-corrected chi connectivity index (χ3v) is 3.02. The topological polar surface area (TPSA) is 21.3 Å². The predicted molar refractivity (Wildman–Crippen MR) is 78.0 cm³/mol. The van der Waals surface area contributed by atoms with Crippen molar-refractivity contribution in [1.29, 1.82) is 0 Å². The van der Waals surface area contributed by atoms with Gasteiger partial charge in [0.25, 0.3) is 0 Å². The standard InChI is InChI=1S/C16H27NO/c1-12(2)11-18-7-6-17-10-16-14(4)8-13(3)9-15(16)5/h8-9,12,17H,6-7,10-11H2,1-5H3. The van der Waals surface area contributed by atoms with Crippen LogP contribution in [0.3, 0.4) is 0 Å². The SMILES string of the molecule is Cc1cc(C)c(CNCCOCC(C)C)c(C)c1. The number of rotatable bonds is 7. The van der Waals surface area contributed by atoms with E-state index in [1.165, 1.54) is 22.3 Å². The Morgan fingerprint density at radius 2 is 1.72 bits per heavy atom. The molecule has 0 spiro atoms. The van der Waals surface area contributed by atoms with Gasteiger partial charge >= 0.3 is 0 Å². The molecule has 0 unspecified atom stereocenters. The monoisotopic (exact) mass is 249 g/mol. The van der Waals surface area contributed by atoms with E-state index in [1.54, 1.807) is 0 Å². The van der Waals surface area contributed by atoms with Gasteiger partial charge in [-0.2, -0.15) is 0 Å². The molecule has 0 aromatic heterocycles. The second-order valence-electron chi connectivity index (χ2n) is 5.52. The van der Waals surface area contributed by atoms with Gasteiger partial charge in [-0.3, -0.25) is 0 Å². The van der Waals surface area contributed by atoms with Crippen LogP contribution in [-0.4, -0.2) is 19.8 Å². The largest absolute Gasteiger partial charge is 0.380 e. The van der Waals surface area contributed by atoms with E-state index in [9.17, 15) is 0 Å². The molecule has 2 nitrogen and oxygen atoms in total. The van der Waals surface area contributed by atoms with Crippen molar-refractivity contribution in [2.24, 2.45) is 5.92 Å². The molecular formula is C16H27NO. The minimum absolute atomic E-state index is 0.617. The predicted octanol–water partition coefficient (Wildman–Crippen LogP) is 3.37. The average Bonchev–Trinajstić information content (AvgIpc) is 2.25. The van der Waals surface area contributed by atoms with Crippen molar-refractivity contribution >= 4 is 0 Å². The quantitative estimate of drug-likeness (QED) is 0.748. The summed E-state index contributed by atoms with van der Waals surface area (Å²) in [6.07, 6.45) is 0. The highest BCUT2D eigenvalue weighted by Gasteiger charge is 2.03. The van der Waals surface area contributed by atoms with Gasteiger partial charge in [-0.1, -0.05) is 31.5 Å². The van der Waals surface area contributed by atoms with Gasteiger partial charge in [-0.05, 0) is 43.4 Å². The van der Waals surface area contributed by atoms with Crippen LogP contribution in [0, 0.1) is 26.7 Å². The zero-order valence-electron chi connectivity index (χ0n) is 12.5. The highest BCUT2D eigenvalue weighted by molar-refractivity contribution is 5.37. The summed E-state index contributed by atoms with van der Waals surface area (Å²) < 4.78 is 5.55. The van der Waals surface area contributed by atoms with Gasteiger partial charge in [0.15, 0.2) is 0 Å². The van der Waals surface area contributed by atoms with Crippen molar-refractivity contribution in [3.63, 3.8) is 0 Å². The van der Waals surface area contributed by atoms with Gasteiger partial charge in [0.1, 0.15) is 0 Å². The van der Waals surface area contributed by atoms with Gasteiger partial charge in [-0.25, -0.2) is 0 Å². The van der Waals surface area contributed by atoms with Crippen molar-refractivity contribution in [3.8, 4) is 0 Å². The van der Waals surface area contributed by atoms with E-state index in [2.05, 4.69) is 52.1 Å². The van der Waals surface area contributed by atoms with Crippen molar-refractivity contribution in [2.75, 3.05) is 19.8 Å². The summed E-state index contributed by atoms with van der Waals surface area (Å²) in [5.41, 5.74) is 5.52. The molecule has 0 amide bonds. The molecule has 0 aliphatic carbocycles. The van der Waals surface area contributed by atoms with Crippen LogP contribution >= 0.6 is 0 Å². The fourth-order valence-electron chi connectivity index (χ4n) is 2.17. The first-order chi connectivity index (χ1) is 8.50. The second-order valence-corrected chi connectivity index (χ2v) is 5.52. The maximum Gasteiger partial charge on any atom is 0.0591 e. The molecule has 0 saturated heterocycles. The zero-order valence-corrected chi connectivity index (χ0v) is 12.5. The van der Waals surface area contributed by atoms with Crippen LogP contribution in [0.2, 0.25) is 0 Å². The molecule has 0 saturated carbocycles. The molecule has 1 N–H and O–H groups in total. The van der Waals surface area contributed by atoms with E-state index in [4.69, 9.17) is 4.74 Å². The first kappa shape index (κ1) is 15.2. The Morgan fingerprint density at radius 1 is 1.11 bits per heavy atom. The van der Waals surface area contributed by atoms with Crippen LogP contribution in [0.4, 0.5) is 0 Å². The molecule has 1 aromatic carbocycles. The van der Waals surface area contributed by atoms with Crippen LogP contribution in [0.1, 0.15) is 36.1 Å². The van der Waals surface area contributed by atoms with E-state index in [0.29, 0.717) is 5.92 Å². The normalized spacial score (nSPS) is 11.2. The first-order valence-electron chi connectivity index (χ1n) is 6.86. The van der Waals surface area contributed by atoms with Crippen molar-refractivity contribution < 1.29 is 4.74 Å². The Labute approximate surface area is 112 Å². The van der Waals surface area contributed by atoms with Crippen LogP contribution in [0.15, 0.2) is 12.1 Å². The summed E-state index contributed by atoms with van der Waals surface area (Å²) in [6, 6.07) is 4.50. The summed E-state index contributed by atoms with van der Waals surface area (Å²) in [5.74, 6) is 0.617. The minimum Gasteiger partial charge on any atom is -0.380 e. The lowest BCUT2D eigenvalue weighted by molar-refractivity contribution is 0.111. The molecule has 2 heteroatoms. The molecule has 1 rings (SSSR count). The highest BCUT2D eigenvalue weighted by atomic mass is 16.5. The molecule has 0 aliphatic rings. The lowest BCUT2D eigenvalue weighted by Crippen LogP contribution is -2.21. The van der Waals surface area contributed by atoms with Gasteiger partial charge in [-0.15, -0.1) is 0 Å². The lowest BCUT2D eigenvalue weighted by atomic mass is 10.00. The van der Waals surface area contributed by atoms with Gasteiger partial charge < -0.3 is 10.1 Å². The summed E-state index contributed by atoms with van der Waals surface area (Å²) in [7, 11) is 0. The number of nitrogens with one attached hydrogen (secondary N) is 1. The molecule has 0 atom stereocenters. The Balaban J connectivity index is 2.31. The van der Waals surface area contributed by atoms with Gasteiger partial charge in [0.05, 0.1) is 6.61 Å². The molecule has 0 bridgehead atoms. The Bertz CT molecular complexity index is 348. The van der Waals surface area contributed by atoms with E-state index < -0.39 is 0 Å². The van der Waals surface area contributed by atoms with Crippen molar-refractivity contribution in [1.82, 2.24) is 5.32 Å². The molecule has 0 radical (unpaired) electrons. The summed E-state index contributed by atoms with van der Waals surface area (Å²) in [4.78, 5) is 0. The van der Waals surface area contributed by atoms with Gasteiger partial charge in [0.2, 0.25) is 0 Å². The fraction of sp³-hybridized carbons (Fsp3) is 0.625. The number of hydrogen-bond acceptors (Lipinski definition) is 2. The molecule has 102 valence electrons. The maximum absolute atomic E-state index is 5.55. The number of benzene rings is 1. The van der Waals surface area contributed by atoms with E-state index >= 15 is 0 Å². The Kier molecular flexibility index (Phi) is 6.37. The minimum atomic E-state index is 0.617. The Hall–Kier alpha value is -0.860. The van der Waals surface area contributed by atoms with Gasteiger partial charge in [0, 0.05) is 19.7 Å². The van der Waals surface area contributed by atoms with E-state index in [-0.39, 0.29) is 0 Å². The zero-order chi connectivity index (χ0) is 13.5. The van der Waals surface area contributed by atoms with E-state index in [0.717, 1.165) is 26.3 Å². The first-order valence-corrected chi connectivity index (χ1v) is 6.86. The summed E-state index contributed by atoms with van der Waals surface area (Å²) in [5, 5.41) is 3.45. The molecule has 0 aliphatic heterocycles. The number of ether oxygens (including phenoxy) is 1. The number of aryl methyl sites for hydroxylation is 3. The van der Waals surface area contributed by atoms with Crippen LogP contribution in [0.25, 0.3) is 0 Å². The van der Waals surface area contributed by atoms with Crippen LogP contribution < -0.4 is 5.32 Å². The van der Waals surface area contributed by atoms with Crippen molar-refractivity contribution in [3.05, 3.63) is 34.4 Å². The third kappa shape index (κ3) is 5.19. The molecule has 18 heavy (non-hydrogen) atoms. The highest BCUT2D eigenvalue weighted by Crippen LogP contribution is 2.15. The van der Waals surface area contributed by atoms with Crippen LogP contribution in [-0.2, 0) is 11.3 Å². The molecular weight excluding hydrogens is 222 g/mol. The average molecular weight is 249 g/mol. The molecule has 0 heterocycles. The Morgan fingerprint density at radius 3 is 2.28 bits per heavy atom. The third-order valence-electron chi connectivity index (χ3n) is 3.02. The lowest BCUT2D eigenvalue weighted by Gasteiger charge is -2.13. The second kappa shape index (κ2) is 7.55. The van der Waals surface area contributed by atoms with Crippen LogP contribution in [0.5, 0.6) is 0 Å². The summed E-state index contributed by atoms with van der Waals surface area (Å²) >= 11 is 0. The number of hydrogen-bond donors (Lipinski definition) is 1.